The van der Waals surface area contributed by atoms with Gasteiger partial charge in [0.25, 0.3) is 5.56 Å². The fourth-order valence-corrected chi connectivity index (χ4v) is 3.39. The molecule has 0 atom stereocenters. The summed E-state index contributed by atoms with van der Waals surface area (Å²) in [5, 5.41) is 12.8. The lowest BCUT2D eigenvalue weighted by Crippen LogP contribution is -2.24. The molecule has 0 bridgehead atoms. The Hall–Kier alpha value is -2.15. The van der Waals surface area contributed by atoms with E-state index in [0.717, 1.165) is 16.6 Å². The monoisotopic (exact) mass is 305 g/mol. The number of aryl methyl sites for hydroxylation is 2. The highest BCUT2D eigenvalue weighted by atomic mass is 32.1. The van der Waals surface area contributed by atoms with E-state index in [0.29, 0.717) is 18.5 Å². The molecule has 3 heterocycles. The number of carboxylic acid groups (broad SMARTS) is 1. The van der Waals surface area contributed by atoms with Gasteiger partial charge in [0, 0.05) is 17.8 Å². The first-order chi connectivity index (χ1) is 10.1. The first kappa shape index (κ1) is 13.8. The van der Waals surface area contributed by atoms with Gasteiger partial charge in [-0.05, 0) is 25.0 Å². The summed E-state index contributed by atoms with van der Waals surface area (Å²) in [6.07, 6.45) is 3.04. The zero-order chi connectivity index (χ0) is 15.0. The van der Waals surface area contributed by atoms with Gasteiger partial charge in [-0.2, -0.15) is 5.10 Å². The molecular weight excluding hydrogens is 290 g/mol. The van der Waals surface area contributed by atoms with E-state index in [-0.39, 0.29) is 12.0 Å². The van der Waals surface area contributed by atoms with E-state index in [4.69, 9.17) is 5.11 Å². The van der Waals surface area contributed by atoms with E-state index < -0.39 is 5.97 Å². The van der Waals surface area contributed by atoms with Crippen molar-refractivity contribution in [3.8, 4) is 0 Å². The Kier molecular flexibility index (Phi) is 3.50. The molecule has 0 aromatic carbocycles. The standard InChI is InChI=1S/C14H15N3O3S/c1-2-9-6-10-12(21-9)7-11-14(20)17(15-8-16(10)11)5-3-4-13(18)19/h6-8H,2-5H2,1H3,(H,18,19). The third kappa shape index (κ3) is 2.44. The number of rotatable bonds is 5. The Labute approximate surface area is 124 Å². The normalized spacial score (nSPS) is 11.5. The smallest absolute Gasteiger partial charge is 0.303 e. The van der Waals surface area contributed by atoms with Gasteiger partial charge in [0.15, 0.2) is 0 Å². The van der Waals surface area contributed by atoms with Crippen LogP contribution >= 0.6 is 11.3 Å². The molecule has 0 saturated heterocycles. The molecule has 0 aliphatic heterocycles. The maximum Gasteiger partial charge on any atom is 0.303 e. The summed E-state index contributed by atoms with van der Waals surface area (Å²) in [6.45, 7) is 2.42. The SMILES string of the molecule is CCc1cc2c(cc3c(=O)n(CCCC(=O)O)ncn32)s1. The number of thiophene rings is 1. The van der Waals surface area contributed by atoms with E-state index >= 15 is 0 Å². The average Bonchev–Trinajstić information content (AvgIpc) is 2.98. The number of hydrogen-bond acceptors (Lipinski definition) is 4. The van der Waals surface area contributed by atoms with Crippen LogP contribution in [-0.2, 0) is 17.8 Å². The summed E-state index contributed by atoms with van der Waals surface area (Å²) >= 11 is 1.68. The Balaban J connectivity index is 2.00. The van der Waals surface area contributed by atoms with Crippen LogP contribution < -0.4 is 5.56 Å². The van der Waals surface area contributed by atoms with Gasteiger partial charge in [-0.15, -0.1) is 11.3 Å². The van der Waals surface area contributed by atoms with Crippen LogP contribution in [0.15, 0.2) is 23.3 Å². The Morgan fingerprint density at radius 1 is 1.38 bits per heavy atom. The highest BCUT2D eigenvalue weighted by Gasteiger charge is 2.11. The second-order valence-electron chi connectivity index (χ2n) is 4.87. The maximum absolute atomic E-state index is 12.4. The number of fused-ring (bicyclic) bond motifs is 3. The molecule has 21 heavy (non-hydrogen) atoms. The summed E-state index contributed by atoms with van der Waals surface area (Å²) in [4.78, 5) is 24.2. The van der Waals surface area contributed by atoms with Gasteiger partial charge < -0.3 is 5.11 Å². The largest absolute Gasteiger partial charge is 0.481 e. The second-order valence-corrected chi connectivity index (χ2v) is 6.04. The van der Waals surface area contributed by atoms with Crippen molar-refractivity contribution in [3.63, 3.8) is 0 Å². The third-order valence-corrected chi connectivity index (χ3v) is 4.66. The molecule has 0 aliphatic carbocycles. The molecule has 110 valence electrons. The number of nitrogens with zero attached hydrogens (tertiary/aromatic N) is 3. The zero-order valence-electron chi connectivity index (χ0n) is 11.6. The summed E-state index contributed by atoms with van der Waals surface area (Å²) in [5.41, 5.74) is 1.42. The van der Waals surface area contributed by atoms with Gasteiger partial charge in [0.1, 0.15) is 11.8 Å². The fraction of sp³-hybridized carbons (Fsp3) is 0.357. The third-order valence-electron chi connectivity index (χ3n) is 3.45. The van der Waals surface area contributed by atoms with Crippen molar-refractivity contribution in [1.29, 1.82) is 0 Å². The molecule has 7 heteroatoms. The molecular formula is C14H15N3O3S. The van der Waals surface area contributed by atoms with Gasteiger partial charge in [0.05, 0.1) is 10.2 Å². The molecule has 0 spiro atoms. The van der Waals surface area contributed by atoms with Crippen LogP contribution in [0.3, 0.4) is 0 Å². The van der Waals surface area contributed by atoms with Crippen molar-refractivity contribution in [2.24, 2.45) is 0 Å². The molecule has 3 aromatic rings. The molecule has 0 aliphatic rings. The summed E-state index contributed by atoms with van der Waals surface area (Å²) in [6, 6.07) is 3.97. The minimum atomic E-state index is -0.862. The minimum absolute atomic E-state index is 0.0370. The molecule has 3 aromatic heterocycles. The summed E-state index contributed by atoms with van der Waals surface area (Å²) in [7, 11) is 0. The van der Waals surface area contributed by atoms with Gasteiger partial charge in [-0.3, -0.25) is 14.0 Å². The van der Waals surface area contributed by atoms with Crippen molar-refractivity contribution in [1.82, 2.24) is 14.2 Å². The van der Waals surface area contributed by atoms with Gasteiger partial charge in [-0.1, -0.05) is 6.92 Å². The van der Waals surface area contributed by atoms with Crippen LogP contribution in [0.5, 0.6) is 0 Å². The van der Waals surface area contributed by atoms with Crippen LogP contribution in [0.4, 0.5) is 0 Å². The highest BCUT2D eigenvalue weighted by Crippen LogP contribution is 2.27. The highest BCUT2D eigenvalue weighted by molar-refractivity contribution is 7.19. The second kappa shape index (κ2) is 5.33. The van der Waals surface area contributed by atoms with Crippen LogP contribution in [0.2, 0.25) is 0 Å². The number of hydrogen-bond donors (Lipinski definition) is 1. The molecule has 0 saturated carbocycles. The number of carboxylic acids is 1. The number of carbonyl (C=O) groups is 1. The first-order valence-corrected chi connectivity index (χ1v) is 7.63. The van der Waals surface area contributed by atoms with Gasteiger partial charge >= 0.3 is 5.97 Å². The molecule has 1 N–H and O–H groups in total. The number of aromatic nitrogens is 3. The molecule has 6 nitrogen and oxygen atoms in total. The predicted octanol–water partition coefficient (Wildman–Crippen LogP) is 2.14. The molecule has 0 amide bonds. The first-order valence-electron chi connectivity index (χ1n) is 6.81. The number of aliphatic carboxylic acids is 1. The van der Waals surface area contributed by atoms with E-state index in [1.165, 1.54) is 9.56 Å². The van der Waals surface area contributed by atoms with Gasteiger partial charge in [0.2, 0.25) is 0 Å². The topological polar surface area (TPSA) is 76.6 Å². The van der Waals surface area contributed by atoms with Crippen molar-refractivity contribution >= 4 is 33.0 Å². The van der Waals surface area contributed by atoms with Crippen molar-refractivity contribution in [3.05, 3.63) is 33.7 Å². The van der Waals surface area contributed by atoms with Crippen molar-refractivity contribution < 1.29 is 9.90 Å². The van der Waals surface area contributed by atoms with Crippen molar-refractivity contribution in [2.45, 2.75) is 32.7 Å². The average molecular weight is 305 g/mol. The fourth-order valence-electron chi connectivity index (χ4n) is 2.36. The van der Waals surface area contributed by atoms with E-state index in [2.05, 4.69) is 18.1 Å². The Morgan fingerprint density at radius 3 is 2.90 bits per heavy atom. The lowest BCUT2D eigenvalue weighted by Gasteiger charge is -2.04. The summed E-state index contributed by atoms with van der Waals surface area (Å²) in [5.74, 6) is -0.862. The summed E-state index contributed by atoms with van der Waals surface area (Å²) < 4.78 is 4.22. The van der Waals surface area contributed by atoms with E-state index in [1.54, 1.807) is 22.1 Å². The molecule has 3 rings (SSSR count). The quantitative estimate of drug-likeness (QED) is 0.783. The lowest BCUT2D eigenvalue weighted by molar-refractivity contribution is -0.137. The lowest BCUT2D eigenvalue weighted by atomic mass is 10.3. The van der Waals surface area contributed by atoms with E-state index in [1.807, 2.05) is 6.07 Å². The predicted molar refractivity (Wildman–Crippen MR) is 81.1 cm³/mol. The van der Waals surface area contributed by atoms with Crippen molar-refractivity contribution in [2.75, 3.05) is 0 Å². The van der Waals surface area contributed by atoms with Crippen LogP contribution in [0.25, 0.3) is 15.7 Å². The molecule has 0 unspecified atom stereocenters. The minimum Gasteiger partial charge on any atom is -0.481 e. The molecule has 0 radical (unpaired) electrons. The van der Waals surface area contributed by atoms with Crippen LogP contribution in [0.1, 0.15) is 24.6 Å². The van der Waals surface area contributed by atoms with Crippen LogP contribution in [0, 0.1) is 0 Å². The van der Waals surface area contributed by atoms with Crippen LogP contribution in [-0.4, -0.2) is 25.3 Å². The van der Waals surface area contributed by atoms with Gasteiger partial charge in [-0.25, -0.2) is 4.68 Å². The Bertz CT molecular complexity index is 875. The Morgan fingerprint density at radius 2 is 2.19 bits per heavy atom. The molecule has 0 fully saturated rings. The van der Waals surface area contributed by atoms with E-state index in [9.17, 15) is 9.59 Å². The maximum atomic E-state index is 12.4. The zero-order valence-corrected chi connectivity index (χ0v) is 12.4.